The molecule has 26 heavy (non-hydrogen) atoms. The lowest BCUT2D eigenvalue weighted by Crippen LogP contribution is -2.28. The third kappa shape index (κ3) is 6.07. The number of benzene rings is 2. The molecule has 0 saturated heterocycles. The van der Waals surface area contributed by atoms with Crippen LogP contribution in [0.5, 0.6) is 5.75 Å². The zero-order valence-corrected chi connectivity index (χ0v) is 16.0. The maximum absolute atomic E-state index is 12.1. The van der Waals surface area contributed by atoms with E-state index in [1.807, 2.05) is 26.0 Å². The molecule has 6 nitrogen and oxygen atoms in total. The van der Waals surface area contributed by atoms with Gasteiger partial charge in [-0.15, -0.1) is 0 Å². The number of nitrogens with one attached hydrogen (secondary N) is 2. The Bertz CT molecular complexity index is 841. The van der Waals surface area contributed by atoms with E-state index in [4.69, 9.17) is 4.74 Å². The fraction of sp³-hybridized carbons (Fsp3) is 0.316. The molecule has 0 fully saturated rings. The minimum Gasteiger partial charge on any atom is -0.492 e. The summed E-state index contributed by atoms with van der Waals surface area (Å²) >= 11 is 0. The Labute approximate surface area is 154 Å². The van der Waals surface area contributed by atoms with Crippen LogP contribution in [0.2, 0.25) is 0 Å². The van der Waals surface area contributed by atoms with Gasteiger partial charge in [-0.3, -0.25) is 9.52 Å². The second kappa shape index (κ2) is 8.71. The normalized spacial score (nSPS) is 11.0. The van der Waals surface area contributed by atoms with Crippen LogP contribution in [0.3, 0.4) is 0 Å². The SMILES string of the molecule is CCS(=O)(=O)Nc1ccc(C(=O)NCCOc2cc(C)cc(C)c2)cc1. The molecule has 0 aliphatic carbocycles. The summed E-state index contributed by atoms with van der Waals surface area (Å²) < 4.78 is 31.1. The van der Waals surface area contributed by atoms with Crippen molar-refractivity contribution in [2.45, 2.75) is 20.8 Å². The topological polar surface area (TPSA) is 84.5 Å². The molecule has 0 aliphatic rings. The van der Waals surface area contributed by atoms with Crippen LogP contribution in [0.4, 0.5) is 5.69 Å². The average Bonchev–Trinajstić information content (AvgIpc) is 2.58. The molecule has 0 saturated carbocycles. The first-order valence-electron chi connectivity index (χ1n) is 8.39. The minimum absolute atomic E-state index is 0.00426. The highest BCUT2D eigenvalue weighted by atomic mass is 32.2. The van der Waals surface area contributed by atoms with Gasteiger partial charge in [0.05, 0.1) is 12.3 Å². The maximum atomic E-state index is 12.1. The van der Waals surface area contributed by atoms with Gasteiger partial charge in [0.1, 0.15) is 12.4 Å². The van der Waals surface area contributed by atoms with Crippen molar-refractivity contribution in [1.29, 1.82) is 0 Å². The van der Waals surface area contributed by atoms with E-state index in [9.17, 15) is 13.2 Å². The molecule has 0 aliphatic heterocycles. The Morgan fingerprint density at radius 1 is 1.04 bits per heavy atom. The summed E-state index contributed by atoms with van der Waals surface area (Å²) in [7, 11) is -3.32. The molecule has 0 spiro atoms. The molecule has 0 aromatic heterocycles. The molecule has 0 bridgehead atoms. The largest absolute Gasteiger partial charge is 0.492 e. The summed E-state index contributed by atoms with van der Waals surface area (Å²) in [6.45, 7) is 6.31. The van der Waals surface area contributed by atoms with Gasteiger partial charge in [0, 0.05) is 11.3 Å². The first-order chi connectivity index (χ1) is 12.3. The van der Waals surface area contributed by atoms with Gasteiger partial charge in [0.25, 0.3) is 5.91 Å². The Hall–Kier alpha value is -2.54. The number of aryl methyl sites for hydroxylation is 2. The molecule has 0 heterocycles. The molecule has 2 rings (SSSR count). The fourth-order valence-electron chi connectivity index (χ4n) is 2.39. The van der Waals surface area contributed by atoms with E-state index in [1.165, 1.54) is 0 Å². The zero-order valence-electron chi connectivity index (χ0n) is 15.2. The number of hydrogen-bond donors (Lipinski definition) is 2. The molecular formula is C19H24N2O4S. The van der Waals surface area contributed by atoms with Crippen LogP contribution in [0.15, 0.2) is 42.5 Å². The van der Waals surface area contributed by atoms with E-state index < -0.39 is 10.0 Å². The quantitative estimate of drug-likeness (QED) is 0.694. The predicted molar refractivity (Wildman–Crippen MR) is 103 cm³/mol. The number of carbonyl (C=O) groups is 1. The van der Waals surface area contributed by atoms with Crippen molar-refractivity contribution < 1.29 is 17.9 Å². The first kappa shape index (κ1) is 19.8. The van der Waals surface area contributed by atoms with Gasteiger partial charge in [0.2, 0.25) is 10.0 Å². The van der Waals surface area contributed by atoms with E-state index in [-0.39, 0.29) is 11.7 Å². The van der Waals surface area contributed by atoms with E-state index in [2.05, 4.69) is 16.1 Å². The molecule has 140 valence electrons. The zero-order chi connectivity index (χ0) is 19.2. The van der Waals surface area contributed by atoms with Crippen molar-refractivity contribution in [3.63, 3.8) is 0 Å². The van der Waals surface area contributed by atoms with Crippen molar-refractivity contribution in [3.8, 4) is 5.75 Å². The maximum Gasteiger partial charge on any atom is 0.251 e. The predicted octanol–water partition coefficient (Wildman–Crippen LogP) is 2.87. The lowest BCUT2D eigenvalue weighted by molar-refractivity contribution is 0.0947. The molecule has 1 amide bonds. The first-order valence-corrected chi connectivity index (χ1v) is 10.0. The van der Waals surface area contributed by atoms with Crippen molar-refractivity contribution in [3.05, 3.63) is 59.2 Å². The van der Waals surface area contributed by atoms with Crippen LogP contribution in [-0.4, -0.2) is 33.2 Å². The molecular weight excluding hydrogens is 352 g/mol. The van der Waals surface area contributed by atoms with Crippen molar-refractivity contribution in [1.82, 2.24) is 5.32 Å². The number of anilines is 1. The standard InChI is InChI=1S/C19H24N2O4S/c1-4-26(23,24)21-17-7-5-16(6-8-17)19(22)20-9-10-25-18-12-14(2)11-15(3)13-18/h5-8,11-13,21H,4,9-10H2,1-3H3,(H,20,22). The van der Waals surface area contributed by atoms with Gasteiger partial charge < -0.3 is 10.1 Å². The molecule has 0 atom stereocenters. The third-order valence-electron chi connectivity index (χ3n) is 3.65. The van der Waals surface area contributed by atoms with Gasteiger partial charge in [-0.25, -0.2) is 8.42 Å². The molecule has 2 aromatic rings. The van der Waals surface area contributed by atoms with Crippen molar-refractivity contribution in [2.75, 3.05) is 23.6 Å². The van der Waals surface area contributed by atoms with Gasteiger partial charge in [-0.1, -0.05) is 6.07 Å². The summed E-state index contributed by atoms with van der Waals surface area (Å²) in [4.78, 5) is 12.1. The number of hydrogen-bond acceptors (Lipinski definition) is 4. The van der Waals surface area contributed by atoms with Gasteiger partial charge in [-0.05, 0) is 68.3 Å². The second-order valence-electron chi connectivity index (χ2n) is 6.01. The Morgan fingerprint density at radius 3 is 2.23 bits per heavy atom. The van der Waals surface area contributed by atoms with Crippen LogP contribution in [0.1, 0.15) is 28.4 Å². The van der Waals surface area contributed by atoms with Gasteiger partial charge >= 0.3 is 0 Å². The van der Waals surface area contributed by atoms with Gasteiger partial charge in [0.15, 0.2) is 0 Å². The lowest BCUT2D eigenvalue weighted by Gasteiger charge is -2.10. The Kier molecular flexibility index (Phi) is 6.63. The monoisotopic (exact) mass is 376 g/mol. The van der Waals surface area contributed by atoms with E-state index in [0.717, 1.165) is 16.9 Å². The smallest absolute Gasteiger partial charge is 0.251 e. The average molecular weight is 376 g/mol. The molecule has 0 unspecified atom stereocenters. The molecule has 2 aromatic carbocycles. The summed E-state index contributed by atoms with van der Waals surface area (Å²) in [5.74, 6) is 0.540. The van der Waals surface area contributed by atoms with Crippen LogP contribution in [0.25, 0.3) is 0 Å². The highest BCUT2D eigenvalue weighted by Gasteiger charge is 2.08. The van der Waals surface area contributed by atoms with Crippen LogP contribution in [0, 0.1) is 13.8 Å². The lowest BCUT2D eigenvalue weighted by atomic mass is 10.1. The van der Waals surface area contributed by atoms with Crippen molar-refractivity contribution >= 4 is 21.6 Å². The number of rotatable bonds is 8. The molecule has 0 radical (unpaired) electrons. The van der Waals surface area contributed by atoms with Crippen molar-refractivity contribution in [2.24, 2.45) is 0 Å². The number of ether oxygens (including phenoxy) is 1. The van der Waals surface area contributed by atoms with E-state index >= 15 is 0 Å². The number of amides is 1. The summed E-state index contributed by atoms with van der Waals surface area (Å²) in [5.41, 5.74) is 3.14. The Balaban J connectivity index is 1.82. The molecule has 2 N–H and O–H groups in total. The number of sulfonamides is 1. The fourth-order valence-corrected chi connectivity index (χ4v) is 3.03. The van der Waals surface area contributed by atoms with Crippen LogP contribution < -0.4 is 14.8 Å². The third-order valence-corrected chi connectivity index (χ3v) is 4.96. The van der Waals surface area contributed by atoms with Crippen LogP contribution >= 0.6 is 0 Å². The van der Waals surface area contributed by atoms with E-state index in [0.29, 0.717) is 24.4 Å². The summed E-state index contributed by atoms with van der Waals surface area (Å²) in [5, 5.41) is 2.77. The Morgan fingerprint density at radius 2 is 1.65 bits per heavy atom. The minimum atomic E-state index is -3.32. The molecule has 7 heteroatoms. The highest BCUT2D eigenvalue weighted by Crippen LogP contribution is 2.16. The van der Waals surface area contributed by atoms with E-state index in [1.54, 1.807) is 31.2 Å². The summed E-state index contributed by atoms with van der Waals surface area (Å²) in [6.07, 6.45) is 0. The second-order valence-corrected chi connectivity index (χ2v) is 8.02. The summed E-state index contributed by atoms with van der Waals surface area (Å²) in [6, 6.07) is 12.2. The van der Waals surface area contributed by atoms with Gasteiger partial charge in [-0.2, -0.15) is 0 Å². The highest BCUT2D eigenvalue weighted by molar-refractivity contribution is 7.92. The number of carbonyl (C=O) groups excluding carboxylic acids is 1. The van der Waals surface area contributed by atoms with Crippen LogP contribution in [-0.2, 0) is 10.0 Å².